The molecule has 3 aromatic rings. The van der Waals surface area contributed by atoms with Crippen LogP contribution in [0.5, 0.6) is 0 Å². The number of halogens is 1. The molecule has 2 aromatic carbocycles. The average molecular weight is 449 g/mol. The van der Waals surface area contributed by atoms with Crippen LogP contribution in [-0.2, 0) is 19.6 Å². The minimum atomic E-state index is -3.73. The van der Waals surface area contributed by atoms with Gasteiger partial charge in [0.05, 0.1) is 23.8 Å². The van der Waals surface area contributed by atoms with E-state index in [-0.39, 0.29) is 29.2 Å². The number of para-hydroxylation sites is 1. The maximum absolute atomic E-state index is 13.8. The van der Waals surface area contributed by atoms with Gasteiger partial charge in [0.25, 0.3) is 5.91 Å². The van der Waals surface area contributed by atoms with Crippen LogP contribution in [0.25, 0.3) is 11.0 Å². The second kappa shape index (κ2) is 8.57. The summed E-state index contributed by atoms with van der Waals surface area (Å²) in [5.74, 6) is -1.18. The van der Waals surface area contributed by atoms with Crippen molar-refractivity contribution in [3.8, 4) is 0 Å². The van der Waals surface area contributed by atoms with E-state index < -0.39 is 27.9 Å². The summed E-state index contributed by atoms with van der Waals surface area (Å²) in [6, 6.07) is 10.1. The number of benzene rings is 2. The first-order valence-electron chi connectivity index (χ1n) is 9.52. The van der Waals surface area contributed by atoms with Crippen LogP contribution in [0.1, 0.15) is 6.92 Å². The number of sulfonamides is 1. The highest BCUT2D eigenvalue weighted by Crippen LogP contribution is 2.21. The summed E-state index contributed by atoms with van der Waals surface area (Å²) in [7, 11) is -3.73. The number of carbonyl (C=O) groups excluding carboxylic acids is 1. The van der Waals surface area contributed by atoms with Crippen LogP contribution < -0.4 is 10.2 Å². The van der Waals surface area contributed by atoms with E-state index in [0.717, 1.165) is 4.85 Å². The Balaban J connectivity index is 1.55. The van der Waals surface area contributed by atoms with Crippen molar-refractivity contribution in [3.63, 3.8) is 0 Å². The van der Waals surface area contributed by atoms with E-state index in [0.29, 0.717) is 18.7 Å². The van der Waals surface area contributed by atoms with Gasteiger partial charge in [0.2, 0.25) is 16.1 Å². The van der Waals surface area contributed by atoms with E-state index >= 15 is 0 Å². The van der Waals surface area contributed by atoms with E-state index in [4.69, 9.17) is 9.57 Å². The fourth-order valence-corrected chi connectivity index (χ4v) is 4.48. The molecule has 0 radical (unpaired) electrons. The number of nitrogens with zero attached hydrogens (tertiary/aromatic N) is 4. The van der Waals surface area contributed by atoms with E-state index in [9.17, 15) is 17.6 Å². The van der Waals surface area contributed by atoms with Gasteiger partial charge >= 0.3 is 0 Å². The number of rotatable bonds is 6. The summed E-state index contributed by atoms with van der Waals surface area (Å²) >= 11 is 0. The molecule has 12 heteroatoms. The maximum Gasteiger partial charge on any atom is 0.268 e. The summed E-state index contributed by atoms with van der Waals surface area (Å²) in [6.45, 7) is 2.65. The van der Waals surface area contributed by atoms with Crippen LogP contribution in [0.4, 0.5) is 10.1 Å². The minimum absolute atomic E-state index is 0.0188. The molecular formula is C19H20FN5O5S. The number of fused-ring (bicyclic) bond motifs is 1. The Hall–Kier alpha value is -3.09. The average Bonchev–Trinajstić information content (AvgIpc) is 3.18. The second-order valence-corrected chi connectivity index (χ2v) is 8.78. The first-order valence-corrected chi connectivity index (χ1v) is 11.0. The van der Waals surface area contributed by atoms with Gasteiger partial charge in [-0.2, -0.15) is 4.31 Å². The van der Waals surface area contributed by atoms with Crippen LogP contribution in [0.3, 0.4) is 0 Å². The van der Waals surface area contributed by atoms with Crippen LogP contribution in [0, 0.1) is 5.82 Å². The van der Waals surface area contributed by atoms with Gasteiger partial charge in [-0.25, -0.2) is 12.8 Å². The molecule has 1 amide bonds. The molecule has 2 heterocycles. The molecule has 0 unspecified atom stereocenters. The van der Waals surface area contributed by atoms with Gasteiger partial charge in [0.1, 0.15) is 16.9 Å². The van der Waals surface area contributed by atoms with Gasteiger partial charge in [0, 0.05) is 13.1 Å². The van der Waals surface area contributed by atoms with Crippen molar-refractivity contribution in [2.45, 2.75) is 17.9 Å². The smallest absolute Gasteiger partial charge is 0.268 e. The number of nitrogens with one attached hydrogen (secondary N) is 1. The van der Waals surface area contributed by atoms with Crippen molar-refractivity contribution in [2.75, 3.05) is 31.6 Å². The molecule has 4 rings (SSSR count). The third kappa shape index (κ3) is 4.36. The number of hydrogen-bond donors (Lipinski definition) is 1. The number of morpholine rings is 1. The molecule has 1 saturated heterocycles. The molecule has 1 N–H and O–H groups in total. The molecule has 31 heavy (non-hydrogen) atoms. The van der Waals surface area contributed by atoms with Crippen molar-refractivity contribution < 1.29 is 27.2 Å². The normalized spacial score (nSPS) is 16.2. The molecule has 1 aromatic heterocycles. The topological polar surface area (TPSA) is 116 Å². The lowest BCUT2D eigenvalue weighted by Gasteiger charge is -2.26. The van der Waals surface area contributed by atoms with Crippen molar-refractivity contribution in [1.82, 2.24) is 19.5 Å². The Labute approximate surface area is 177 Å². The molecular weight excluding hydrogens is 429 g/mol. The van der Waals surface area contributed by atoms with Gasteiger partial charge in [-0.05, 0) is 42.5 Å². The molecule has 0 spiro atoms. The van der Waals surface area contributed by atoms with E-state index in [1.807, 2.05) is 0 Å². The molecule has 0 bridgehead atoms. The zero-order valence-electron chi connectivity index (χ0n) is 16.6. The number of aromatic nitrogens is 3. The van der Waals surface area contributed by atoms with Crippen molar-refractivity contribution in [2.24, 2.45) is 0 Å². The summed E-state index contributed by atoms with van der Waals surface area (Å²) in [6.07, 6.45) is -1.07. The van der Waals surface area contributed by atoms with E-state index in [1.165, 1.54) is 47.6 Å². The first-order chi connectivity index (χ1) is 14.9. The fourth-order valence-electron chi connectivity index (χ4n) is 3.05. The molecule has 1 atom stereocenters. The monoisotopic (exact) mass is 449 g/mol. The fraction of sp³-hybridized carbons (Fsp3) is 0.316. The summed E-state index contributed by atoms with van der Waals surface area (Å²) in [4.78, 5) is 19.0. The number of ether oxygens (including phenoxy) is 1. The van der Waals surface area contributed by atoms with Gasteiger partial charge in [0.15, 0.2) is 0 Å². The Morgan fingerprint density at radius 1 is 1.23 bits per heavy atom. The standard InChI is InChI=1S/C19H20FN5O5S/c1-13(19(26)21-16-5-3-2-4-15(16)20)30-25-18-12-14(6-7-17(18)22-23-25)31(27,28)24-8-10-29-11-9-24/h2-7,12-13H,8-11H2,1H3,(H,21,26)/t13-/m1/s1. The highest BCUT2D eigenvalue weighted by molar-refractivity contribution is 7.89. The molecule has 10 nitrogen and oxygen atoms in total. The van der Waals surface area contributed by atoms with Crippen LogP contribution in [0.15, 0.2) is 47.4 Å². The third-order valence-electron chi connectivity index (χ3n) is 4.75. The van der Waals surface area contributed by atoms with Crippen molar-refractivity contribution in [3.05, 3.63) is 48.3 Å². The van der Waals surface area contributed by atoms with Gasteiger partial charge in [-0.15, -0.1) is 5.10 Å². The van der Waals surface area contributed by atoms with Crippen molar-refractivity contribution >= 4 is 32.7 Å². The van der Waals surface area contributed by atoms with Gasteiger partial charge in [-0.3, -0.25) is 4.79 Å². The lowest BCUT2D eigenvalue weighted by atomic mass is 10.3. The Kier molecular flexibility index (Phi) is 5.85. The van der Waals surface area contributed by atoms with Crippen LogP contribution in [0.2, 0.25) is 0 Å². The quantitative estimate of drug-likeness (QED) is 0.598. The van der Waals surface area contributed by atoms with Gasteiger partial charge < -0.3 is 14.9 Å². The van der Waals surface area contributed by atoms with E-state index in [1.54, 1.807) is 6.07 Å². The summed E-state index contributed by atoms with van der Waals surface area (Å²) in [5.41, 5.74) is 0.688. The molecule has 0 aliphatic carbocycles. The Morgan fingerprint density at radius 2 is 1.97 bits per heavy atom. The first kappa shape index (κ1) is 21.2. The number of hydrogen-bond acceptors (Lipinski definition) is 7. The number of carbonyl (C=O) groups is 1. The molecule has 1 aliphatic heterocycles. The number of amides is 1. The van der Waals surface area contributed by atoms with Crippen LogP contribution >= 0.6 is 0 Å². The predicted octanol–water partition coefficient (Wildman–Crippen LogP) is 1.05. The minimum Gasteiger partial charge on any atom is -0.382 e. The third-order valence-corrected chi connectivity index (χ3v) is 6.65. The highest BCUT2D eigenvalue weighted by atomic mass is 32.2. The van der Waals surface area contributed by atoms with Crippen molar-refractivity contribution in [1.29, 1.82) is 0 Å². The zero-order valence-corrected chi connectivity index (χ0v) is 17.4. The summed E-state index contributed by atoms with van der Waals surface area (Å²) in [5, 5.41) is 10.2. The lowest BCUT2D eigenvalue weighted by molar-refractivity contribution is -0.127. The molecule has 1 fully saturated rings. The number of anilines is 1. The Morgan fingerprint density at radius 3 is 2.71 bits per heavy atom. The molecule has 0 saturated carbocycles. The maximum atomic E-state index is 13.8. The zero-order chi connectivity index (χ0) is 22.0. The van der Waals surface area contributed by atoms with E-state index in [2.05, 4.69) is 15.6 Å². The molecule has 164 valence electrons. The lowest BCUT2D eigenvalue weighted by Crippen LogP contribution is -2.40. The molecule has 1 aliphatic rings. The summed E-state index contributed by atoms with van der Waals surface area (Å²) < 4.78 is 46.1. The second-order valence-electron chi connectivity index (χ2n) is 6.85. The largest absolute Gasteiger partial charge is 0.382 e. The van der Waals surface area contributed by atoms with Gasteiger partial charge in [-0.1, -0.05) is 17.0 Å². The predicted molar refractivity (Wildman–Crippen MR) is 108 cm³/mol. The highest BCUT2D eigenvalue weighted by Gasteiger charge is 2.27. The van der Waals surface area contributed by atoms with Crippen LogP contribution in [-0.4, -0.2) is 66.2 Å². The Bertz CT molecular complexity index is 1210. The SMILES string of the molecule is C[C@@H](On1nnc2ccc(S(=O)(=O)N3CCOCC3)cc21)C(=O)Nc1ccccc1F.